The van der Waals surface area contributed by atoms with E-state index >= 15 is 0 Å². The largest absolute Gasteiger partial charge is 0.508 e. The Hall–Kier alpha value is -2.40. The fourth-order valence-corrected chi connectivity index (χ4v) is 2.92. The van der Waals surface area contributed by atoms with Gasteiger partial charge in [0.15, 0.2) is 0 Å². The predicted octanol–water partition coefficient (Wildman–Crippen LogP) is 2.20. The van der Waals surface area contributed by atoms with Gasteiger partial charge in [0.1, 0.15) is 23.4 Å². The first kappa shape index (κ1) is 15.5. The van der Waals surface area contributed by atoms with Crippen LogP contribution >= 0.6 is 0 Å². The lowest BCUT2D eigenvalue weighted by Gasteiger charge is -2.36. The lowest BCUT2D eigenvalue weighted by atomic mass is 10.0. The zero-order chi connectivity index (χ0) is 16.2. The number of phenols is 1. The van der Waals surface area contributed by atoms with Gasteiger partial charge in [0.2, 0.25) is 0 Å². The van der Waals surface area contributed by atoms with Crippen molar-refractivity contribution in [3.05, 3.63) is 48.0 Å². The minimum atomic E-state index is -0.0528. The number of β-amino-alcohol motifs (C(OH)–C–C–N with tert-alkyl or cyclic N) is 1. The van der Waals surface area contributed by atoms with Crippen molar-refractivity contribution < 1.29 is 19.7 Å². The van der Waals surface area contributed by atoms with E-state index in [1.165, 1.54) is 0 Å². The second kappa shape index (κ2) is 6.79. The van der Waals surface area contributed by atoms with E-state index in [1.54, 1.807) is 19.2 Å². The summed E-state index contributed by atoms with van der Waals surface area (Å²) in [4.78, 5) is 2.09. The molecule has 0 fully saturated rings. The average molecular weight is 315 g/mol. The number of phenolic OH excluding ortho intramolecular Hbond substituents is 1. The molecule has 0 aliphatic carbocycles. The third kappa shape index (κ3) is 3.51. The van der Waals surface area contributed by atoms with Crippen LogP contribution in [0.5, 0.6) is 17.2 Å². The molecule has 3 rings (SSSR count). The number of aromatic hydroxyl groups is 1. The monoisotopic (exact) mass is 315 g/mol. The lowest BCUT2D eigenvalue weighted by molar-refractivity contribution is 0.188. The summed E-state index contributed by atoms with van der Waals surface area (Å²) < 4.78 is 11.3. The standard InChI is InChI=1S/C18H21NO4/c1-22-15-4-2-3-13(9-15)10-16-12-19(7-8-20)17-6-5-14(21)11-18(17)23-16/h2-6,9,11,16,20-21H,7-8,10,12H2,1H3. The minimum Gasteiger partial charge on any atom is -0.508 e. The van der Waals surface area contributed by atoms with Crippen LogP contribution in [0.3, 0.4) is 0 Å². The van der Waals surface area contributed by atoms with E-state index in [0.29, 0.717) is 18.8 Å². The predicted molar refractivity (Wildman–Crippen MR) is 88.5 cm³/mol. The molecule has 5 nitrogen and oxygen atoms in total. The molecule has 2 aromatic carbocycles. The molecular formula is C18H21NO4. The van der Waals surface area contributed by atoms with Gasteiger partial charge >= 0.3 is 0 Å². The highest BCUT2D eigenvalue weighted by Gasteiger charge is 2.26. The molecule has 2 aromatic rings. The summed E-state index contributed by atoms with van der Waals surface area (Å²) in [7, 11) is 1.65. The molecule has 0 saturated carbocycles. The number of hydrogen-bond donors (Lipinski definition) is 2. The molecule has 0 amide bonds. The molecule has 23 heavy (non-hydrogen) atoms. The van der Waals surface area contributed by atoms with E-state index in [0.717, 1.165) is 23.4 Å². The van der Waals surface area contributed by atoms with Gasteiger partial charge in [-0.2, -0.15) is 0 Å². The zero-order valence-corrected chi connectivity index (χ0v) is 13.1. The Labute approximate surface area is 135 Å². The van der Waals surface area contributed by atoms with E-state index in [2.05, 4.69) is 4.90 Å². The Balaban J connectivity index is 1.81. The highest BCUT2D eigenvalue weighted by molar-refractivity contribution is 5.62. The summed E-state index contributed by atoms with van der Waals surface area (Å²) in [5.41, 5.74) is 2.03. The number of hydrogen-bond acceptors (Lipinski definition) is 5. The molecule has 0 spiro atoms. The Bertz CT molecular complexity index is 674. The van der Waals surface area contributed by atoms with E-state index in [4.69, 9.17) is 9.47 Å². The van der Waals surface area contributed by atoms with E-state index in [9.17, 15) is 10.2 Å². The maximum Gasteiger partial charge on any atom is 0.146 e. The van der Waals surface area contributed by atoms with E-state index < -0.39 is 0 Å². The first-order valence-corrected chi connectivity index (χ1v) is 7.68. The third-order valence-electron chi connectivity index (χ3n) is 3.97. The number of fused-ring (bicyclic) bond motifs is 1. The first-order chi connectivity index (χ1) is 11.2. The summed E-state index contributed by atoms with van der Waals surface area (Å²) in [5.74, 6) is 1.65. The highest BCUT2D eigenvalue weighted by Crippen LogP contribution is 2.36. The molecule has 0 saturated heterocycles. The van der Waals surface area contributed by atoms with Gasteiger partial charge in [0.05, 0.1) is 25.9 Å². The van der Waals surface area contributed by atoms with Gasteiger partial charge in [-0.15, -0.1) is 0 Å². The number of ether oxygens (including phenoxy) is 2. The molecule has 122 valence electrons. The second-order valence-corrected chi connectivity index (χ2v) is 5.62. The summed E-state index contributed by atoms with van der Waals surface area (Å²) in [6, 6.07) is 13.0. The van der Waals surface area contributed by atoms with Gasteiger partial charge in [0, 0.05) is 19.0 Å². The van der Waals surface area contributed by atoms with Crippen LogP contribution in [0.25, 0.3) is 0 Å². The highest BCUT2D eigenvalue weighted by atomic mass is 16.5. The number of nitrogens with zero attached hydrogens (tertiary/aromatic N) is 1. The number of aliphatic hydroxyl groups excluding tert-OH is 1. The molecule has 1 unspecified atom stereocenters. The minimum absolute atomic E-state index is 0.0528. The van der Waals surface area contributed by atoms with Gasteiger partial charge in [-0.3, -0.25) is 0 Å². The van der Waals surface area contributed by atoms with Crippen LogP contribution in [0.4, 0.5) is 5.69 Å². The molecule has 1 aliphatic rings. The van der Waals surface area contributed by atoms with Crippen LogP contribution in [-0.2, 0) is 6.42 Å². The van der Waals surface area contributed by atoms with Gasteiger partial charge < -0.3 is 24.6 Å². The molecule has 5 heteroatoms. The molecule has 0 aromatic heterocycles. The smallest absolute Gasteiger partial charge is 0.146 e. The molecule has 1 aliphatic heterocycles. The van der Waals surface area contributed by atoms with Crippen molar-refractivity contribution >= 4 is 5.69 Å². The fourth-order valence-electron chi connectivity index (χ4n) is 2.92. The van der Waals surface area contributed by atoms with Crippen molar-refractivity contribution in [2.45, 2.75) is 12.5 Å². The third-order valence-corrected chi connectivity index (χ3v) is 3.97. The normalized spacial score (nSPS) is 16.6. The van der Waals surface area contributed by atoms with Crippen molar-refractivity contribution in [2.24, 2.45) is 0 Å². The number of benzene rings is 2. The zero-order valence-electron chi connectivity index (χ0n) is 13.1. The quantitative estimate of drug-likeness (QED) is 0.886. The van der Waals surface area contributed by atoms with Gasteiger partial charge in [0.25, 0.3) is 0 Å². The lowest BCUT2D eigenvalue weighted by Crippen LogP contribution is -2.42. The van der Waals surface area contributed by atoms with Crippen LogP contribution in [0, 0.1) is 0 Å². The molecule has 1 heterocycles. The van der Waals surface area contributed by atoms with Crippen LogP contribution in [0.1, 0.15) is 5.56 Å². The Morgan fingerprint density at radius 2 is 2.13 bits per heavy atom. The number of aliphatic hydroxyl groups is 1. The average Bonchev–Trinajstić information content (AvgIpc) is 2.55. The summed E-state index contributed by atoms with van der Waals surface area (Å²) >= 11 is 0. The SMILES string of the molecule is COc1cccc(CC2CN(CCO)c3ccc(O)cc3O2)c1. The van der Waals surface area contributed by atoms with Crippen LogP contribution in [-0.4, -0.2) is 43.1 Å². The Morgan fingerprint density at radius 1 is 1.26 bits per heavy atom. The Kier molecular flexibility index (Phi) is 4.57. The maximum absolute atomic E-state index is 9.68. The second-order valence-electron chi connectivity index (χ2n) is 5.62. The summed E-state index contributed by atoms with van der Waals surface area (Å²) in [6.07, 6.45) is 0.678. The van der Waals surface area contributed by atoms with Gasteiger partial charge in [-0.05, 0) is 29.8 Å². The van der Waals surface area contributed by atoms with Crippen molar-refractivity contribution in [3.8, 4) is 17.2 Å². The van der Waals surface area contributed by atoms with Crippen LogP contribution < -0.4 is 14.4 Å². The topological polar surface area (TPSA) is 62.2 Å². The number of anilines is 1. The first-order valence-electron chi connectivity index (χ1n) is 7.68. The van der Waals surface area contributed by atoms with Gasteiger partial charge in [-0.25, -0.2) is 0 Å². The Morgan fingerprint density at radius 3 is 2.91 bits per heavy atom. The molecule has 0 radical (unpaired) electrons. The van der Waals surface area contributed by atoms with E-state index in [-0.39, 0.29) is 18.5 Å². The van der Waals surface area contributed by atoms with Crippen molar-refractivity contribution in [2.75, 3.05) is 31.7 Å². The molecule has 1 atom stereocenters. The molecule has 0 bridgehead atoms. The van der Waals surface area contributed by atoms with Gasteiger partial charge in [-0.1, -0.05) is 12.1 Å². The number of methoxy groups -OCH3 is 1. The molecule has 2 N–H and O–H groups in total. The van der Waals surface area contributed by atoms with Crippen molar-refractivity contribution in [1.29, 1.82) is 0 Å². The van der Waals surface area contributed by atoms with Crippen LogP contribution in [0.2, 0.25) is 0 Å². The van der Waals surface area contributed by atoms with Crippen molar-refractivity contribution in [3.63, 3.8) is 0 Å². The van der Waals surface area contributed by atoms with E-state index in [1.807, 2.05) is 30.3 Å². The number of rotatable bonds is 5. The van der Waals surface area contributed by atoms with Crippen LogP contribution in [0.15, 0.2) is 42.5 Å². The fraction of sp³-hybridized carbons (Fsp3) is 0.333. The summed E-state index contributed by atoms with van der Waals surface area (Å²) in [6.45, 7) is 1.30. The molecular weight excluding hydrogens is 294 g/mol. The summed E-state index contributed by atoms with van der Waals surface area (Å²) in [5, 5.41) is 19.0. The van der Waals surface area contributed by atoms with Crippen molar-refractivity contribution in [1.82, 2.24) is 0 Å². The maximum atomic E-state index is 9.68.